The van der Waals surface area contributed by atoms with Crippen molar-refractivity contribution in [2.75, 3.05) is 13.1 Å². The van der Waals surface area contributed by atoms with Gasteiger partial charge in [-0.1, -0.05) is 12.8 Å². The molecule has 2 rings (SSSR count). The second-order valence-electron chi connectivity index (χ2n) is 4.34. The van der Waals surface area contributed by atoms with Crippen molar-refractivity contribution >= 4 is 5.91 Å². The number of aromatic nitrogens is 2. The van der Waals surface area contributed by atoms with Gasteiger partial charge in [0, 0.05) is 25.4 Å². The maximum absolute atomic E-state index is 12.0. The Morgan fingerprint density at radius 1 is 1.24 bits per heavy atom. The fourth-order valence-corrected chi connectivity index (χ4v) is 2.06. The van der Waals surface area contributed by atoms with Gasteiger partial charge in [0.15, 0.2) is 0 Å². The zero-order valence-electron chi connectivity index (χ0n) is 9.84. The lowest BCUT2D eigenvalue weighted by Crippen LogP contribution is -2.36. The van der Waals surface area contributed by atoms with Gasteiger partial charge in [0.25, 0.3) is 5.56 Å². The lowest BCUT2D eigenvalue weighted by Gasteiger charge is -2.20. The minimum atomic E-state index is -0.178. The summed E-state index contributed by atoms with van der Waals surface area (Å²) in [5.74, 6) is 0.0157. The lowest BCUT2D eigenvalue weighted by molar-refractivity contribution is -0.131. The van der Waals surface area contributed by atoms with Crippen molar-refractivity contribution in [3.05, 3.63) is 28.9 Å². The third-order valence-corrected chi connectivity index (χ3v) is 3.06. The van der Waals surface area contributed by atoms with Crippen molar-refractivity contribution < 1.29 is 4.79 Å². The maximum Gasteiger partial charge on any atom is 0.253 e. The highest BCUT2D eigenvalue weighted by atomic mass is 16.2. The summed E-state index contributed by atoms with van der Waals surface area (Å²) in [4.78, 5) is 29.2. The van der Waals surface area contributed by atoms with Crippen LogP contribution in [0.1, 0.15) is 25.7 Å². The van der Waals surface area contributed by atoms with E-state index in [4.69, 9.17) is 0 Å². The molecule has 1 aliphatic heterocycles. The van der Waals surface area contributed by atoms with Crippen molar-refractivity contribution in [2.45, 2.75) is 32.2 Å². The van der Waals surface area contributed by atoms with Gasteiger partial charge < -0.3 is 4.90 Å². The molecule has 0 atom stereocenters. The van der Waals surface area contributed by atoms with Crippen LogP contribution < -0.4 is 5.56 Å². The Bertz CT molecular complexity index is 433. The van der Waals surface area contributed by atoms with E-state index >= 15 is 0 Å². The van der Waals surface area contributed by atoms with Crippen LogP contribution in [0.25, 0.3) is 0 Å². The molecule has 0 N–H and O–H groups in total. The van der Waals surface area contributed by atoms with E-state index in [0.717, 1.165) is 25.9 Å². The van der Waals surface area contributed by atoms with Crippen molar-refractivity contribution in [1.82, 2.24) is 14.5 Å². The van der Waals surface area contributed by atoms with E-state index in [1.165, 1.54) is 36.0 Å². The Morgan fingerprint density at radius 3 is 2.59 bits per heavy atom. The molecule has 1 aliphatic rings. The van der Waals surface area contributed by atoms with Gasteiger partial charge in [-0.3, -0.25) is 14.2 Å². The van der Waals surface area contributed by atoms with E-state index in [1.807, 2.05) is 4.90 Å². The van der Waals surface area contributed by atoms with E-state index in [9.17, 15) is 9.59 Å². The van der Waals surface area contributed by atoms with Gasteiger partial charge in [0.2, 0.25) is 5.91 Å². The van der Waals surface area contributed by atoms with Crippen LogP contribution in [0.5, 0.6) is 0 Å². The predicted octanol–water partition coefficient (Wildman–Crippen LogP) is 0.646. The van der Waals surface area contributed by atoms with Crippen LogP contribution in [0.15, 0.2) is 23.4 Å². The molecule has 1 amide bonds. The largest absolute Gasteiger partial charge is 0.341 e. The minimum Gasteiger partial charge on any atom is -0.341 e. The molecule has 1 aromatic heterocycles. The molecule has 0 saturated carbocycles. The molecule has 1 saturated heterocycles. The quantitative estimate of drug-likeness (QED) is 0.756. The molecule has 1 aromatic rings. The molecule has 0 aromatic carbocycles. The standard InChI is InChI=1S/C12H17N3O2/c16-11-5-6-13-10-15(11)9-12(17)14-7-3-1-2-4-8-14/h5-6,10H,1-4,7-9H2. The van der Waals surface area contributed by atoms with Crippen LogP contribution in [-0.2, 0) is 11.3 Å². The lowest BCUT2D eigenvalue weighted by atomic mass is 10.2. The Labute approximate surface area is 100 Å². The molecule has 17 heavy (non-hydrogen) atoms. The number of hydrogen-bond donors (Lipinski definition) is 0. The average molecular weight is 235 g/mol. The molecular formula is C12H17N3O2. The van der Waals surface area contributed by atoms with Crippen LogP contribution in [-0.4, -0.2) is 33.4 Å². The van der Waals surface area contributed by atoms with Crippen LogP contribution in [0.2, 0.25) is 0 Å². The number of amides is 1. The van der Waals surface area contributed by atoms with E-state index in [1.54, 1.807) is 0 Å². The molecule has 1 fully saturated rings. The Morgan fingerprint density at radius 2 is 1.94 bits per heavy atom. The number of carbonyl (C=O) groups excluding carboxylic acids is 1. The summed E-state index contributed by atoms with van der Waals surface area (Å²) in [6.07, 6.45) is 7.36. The number of rotatable bonds is 2. The normalized spacial score (nSPS) is 16.6. The molecule has 5 nitrogen and oxygen atoms in total. The molecule has 92 valence electrons. The Balaban J connectivity index is 2.01. The third-order valence-electron chi connectivity index (χ3n) is 3.06. The highest BCUT2D eigenvalue weighted by Crippen LogP contribution is 2.09. The summed E-state index contributed by atoms with van der Waals surface area (Å²) in [5.41, 5.74) is -0.178. The second kappa shape index (κ2) is 5.61. The fraction of sp³-hybridized carbons (Fsp3) is 0.583. The average Bonchev–Trinajstić information content (AvgIpc) is 2.61. The Hall–Kier alpha value is -1.65. The van der Waals surface area contributed by atoms with Gasteiger partial charge in [-0.2, -0.15) is 0 Å². The van der Waals surface area contributed by atoms with E-state index in [2.05, 4.69) is 4.98 Å². The number of carbonyl (C=O) groups is 1. The minimum absolute atomic E-state index is 0.0157. The smallest absolute Gasteiger partial charge is 0.253 e. The summed E-state index contributed by atoms with van der Waals surface area (Å²) < 4.78 is 1.35. The molecule has 0 spiro atoms. The topological polar surface area (TPSA) is 55.2 Å². The predicted molar refractivity (Wildman–Crippen MR) is 63.5 cm³/mol. The number of likely N-dealkylation sites (tertiary alicyclic amines) is 1. The van der Waals surface area contributed by atoms with E-state index < -0.39 is 0 Å². The van der Waals surface area contributed by atoms with Gasteiger partial charge in [0.05, 0.1) is 6.33 Å². The van der Waals surface area contributed by atoms with Crippen LogP contribution >= 0.6 is 0 Å². The molecular weight excluding hydrogens is 218 g/mol. The number of nitrogens with zero attached hydrogens (tertiary/aromatic N) is 3. The molecule has 0 aliphatic carbocycles. The van der Waals surface area contributed by atoms with Crippen LogP contribution in [0.4, 0.5) is 0 Å². The first-order valence-corrected chi connectivity index (χ1v) is 6.05. The summed E-state index contributed by atoms with van der Waals surface area (Å²) in [6.45, 7) is 1.73. The molecule has 0 unspecified atom stereocenters. The highest BCUT2D eigenvalue weighted by Gasteiger charge is 2.15. The van der Waals surface area contributed by atoms with Gasteiger partial charge in [-0.05, 0) is 12.8 Å². The first-order valence-electron chi connectivity index (χ1n) is 6.05. The van der Waals surface area contributed by atoms with E-state index in [-0.39, 0.29) is 18.0 Å². The molecule has 5 heteroatoms. The van der Waals surface area contributed by atoms with Gasteiger partial charge in [-0.15, -0.1) is 0 Å². The van der Waals surface area contributed by atoms with Gasteiger partial charge in [0.1, 0.15) is 6.54 Å². The highest BCUT2D eigenvalue weighted by molar-refractivity contribution is 5.75. The summed E-state index contributed by atoms with van der Waals surface area (Å²) in [6, 6.07) is 1.37. The summed E-state index contributed by atoms with van der Waals surface area (Å²) in [5, 5.41) is 0. The molecule has 2 heterocycles. The fourth-order valence-electron chi connectivity index (χ4n) is 2.06. The third kappa shape index (κ3) is 3.15. The van der Waals surface area contributed by atoms with Crippen molar-refractivity contribution in [3.8, 4) is 0 Å². The maximum atomic E-state index is 12.0. The van der Waals surface area contributed by atoms with Crippen LogP contribution in [0.3, 0.4) is 0 Å². The van der Waals surface area contributed by atoms with Crippen molar-refractivity contribution in [1.29, 1.82) is 0 Å². The van der Waals surface area contributed by atoms with Gasteiger partial charge >= 0.3 is 0 Å². The first kappa shape index (κ1) is 11.8. The van der Waals surface area contributed by atoms with Crippen molar-refractivity contribution in [2.24, 2.45) is 0 Å². The van der Waals surface area contributed by atoms with Crippen LogP contribution in [0, 0.1) is 0 Å². The van der Waals surface area contributed by atoms with E-state index in [0.29, 0.717) is 0 Å². The summed E-state index contributed by atoms with van der Waals surface area (Å²) in [7, 11) is 0. The molecule has 0 bridgehead atoms. The van der Waals surface area contributed by atoms with Crippen molar-refractivity contribution in [3.63, 3.8) is 0 Å². The summed E-state index contributed by atoms with van der Waals surface area (Å²) >= 11 is 0. The first-order chi connectivity index (χ1) is 8.27. The zero-order chi connectivity index (χ0) is 12.1. The molecule has 0 radical (unpaired) electrons. The monoisotopic (exact) mass is 235 g/mol. The second-order valence-corrected chi connectivity index (χ2v) is 4.34. The SMILES string of the molecule is O=C(Cn1cnccc1=O)N1CCCCCC1. The zero-order valence-corrected chi connectivity index (χ0v) is 9.84. The Kier molecular flexibility index (Phi) is 3.90. The number of hydrogen-bond acceptors (Lipinski definition) is 3. The van der Waals surface area contributed by atoms with Gasteiger partial charge in [-0.25, -0.2) is 4.98 Å².